The first-order valence-electron chi connectivity index (χ1n) is 10.6. The Morgan fingerprint density at radius 2 is 2.00 bits per heavy atom. The van der Waals surface area contributed by atoms with Crippen LogP contribution in [0.15, 0.2) is 58.9 Å². The third-order valence-corrected chi connectivity index (χ3v) is 5.53. The lowest BCUT2D eigenvalue weighted by Crippen LogP contribution is -2.30. The number of halogens is 1. The minimum absolute atomic E-state index is 0.0734. The zero-order chi connectivity index (χ0) is 22.4. The Morgan fingerprint density at radius 3 is 2.65 bits per heavy atom. The van der Waals surface area contributed by atoms with Crippen molar-refractivity contribution in [1.82, 2.24) is 15.3 Å². The Kier molecular flexibility index (Phi) is 7.85. The van der Waals surface area contributed by atoms with Crippen molar-refractivity contribution < 1.29 is 4.79 Å². The maximum absolute atomic E-state index is 11.8. The second kappa shape index (κ2) is 10.6. The smallest absolute Gasteiger partial charge is 0.229 e. The van der Waals surface area contributed by atoms with Crippen LogP contribution in [0.4, 0.5) is 17.5 Å². The van der Waals surface area contributed by atoms with Crippen LogP contribution >= 0.6 is 15.9 Å². The van der Waals surface area contributed by atoms with Crippen molar-refractivity contribution in [2.75, 3.05) is 10.6 Å². The number of aromatic nitrogens is 2. The van der Waals surface area contributed by atoms with Crippen molar-refractivity contribution >= 4 is 39.3 Å². The SMILES string of the molecule is C=C(/C=C(\C)C1CC1)Nc1nc(Nc2ccc(CCC(=O)NC(C)C)cc2)ncc1Br. The lowest BCUT2D eigenvalue weighted by atomic mass is 10.1. The number of nitrogens with zero attached hydrogens (tertiary/aromatic N) is 2. The van der Waals surface area contributed by atoms with E-state index in [1.807, 2.05) is 38.1 Å². The molecule has 0 radical (unpaired) electrons. The van der Waals surface area contributed by atoms with E-state index in [0.717, 1.165) is 21.4 Å². The lowest BCUT2D eigenvalue weighted by Gasteiger charge is -2.11. The fourth-order valence-corrected chi connectivity index (χ4v) is 3.46. The Bertz CT molecular complexity index is 964. The zero-order valence-electron chi connectivity index (χ0n) is 18.3. The summed E-state index contributed by atoms with van der Waals surface area (Å²) in [6.45, 7) is 10.2. The van der Waals surface area contributed by atoms with Gasteiger partial charge >= 0.3 is 0 Å². The number of carbonyl (C=O) groups excluding carboxylic acids is 1. The second-order valence-corrected chi connectivity index (χ2v) is 9.10. The fourth-order valence-electron chi connectivity index (χ4n) is 3.17. The van der Waals surface area contributed by atoms with E-state index in [2.05, 4.69) is 61.4 Å². The molecular formula is C24H30BrN5O. The summed E-state index contributed by atoms with van der Waals surface area (Å²) in [6.07, 6.45) is 7.52. The van der Waals surface area contributed by atoms with Gasteiger partial charge in [0.15, 0.2) is 0 Å². The van der Waals surface area contributed by atoms with Gasteiger partial charge in [-0.25, -0.2) is 4.98 Å². The Labute approximate surface area is 192 Å². The summed E-state index contributed by atoms with van der Waals surface area (Å²) in [6, 6.07) is 8.12. The highest BCUT2D eigenvalue weighted by molar-refractivity contribution is 9.10. The number of anilines is 3. The van der Waals surface area contributed by atoms with E-state index in [0.29, 0.717) is 30.5 Å². The van der Waals surface area contributed by atoms with E-state index in [9.17, 15) is 4.79 Å². The maximum Gasteiger partial charge on any atom is 0.229 e. The number of benzene rings is 1. The van der Waals surface area contributed by atoms with Gasteiger partial charge in [0.05, 0.1) is 4.47 Å². The van der Waals surface area contributed by atoms with Crippen LogP contribution in [0.5, 0.6) is 0 Å². The van der Waals surface area contributed by atoms with Crippen LogP contribution in [0.1, 0.15) is 45.6 Å². The third-order valence-electron chi connectivity index (χ3n) is 4.95. The van der Waals surface area contributed by atoms with E-state index >= 15 is 0 Å². The molecule has 1 aromatic carbocycles. The van der Waals surface area contributed by atoms with Crippen LogP contribution in [0.2, 0.25) is 0 Å². The van der Waals surface area contributed by atoms with Crippen LogP contribution in [-0.2, 0) is 11.2 Å². The number of aryl methyl sites for hydroxylation is 1. The normalized spacial score (nSPS) is 13.8. The summed E-state index contributed by atoms with van der Waals surface area (Å²) in [5.74, 6) is 1.93. The Hall–Kier alpha value is -2.67. The number of allylic oxidation sites excluding steroid dienone is 2. The molecule has 0 unspecified atom stereocenters. The number of rotatable bonds is 10. The molecule has 1 aliphatic carbocycles. The number of hydrogen-bond donors (Lipinski definition) is 3. The largest absolute Gasteiger partial charge is 0.354 e. The summed E-state index contributed by atoms with van der Waals surface area (Å²) >= 11 is 3.50. The molecule has 1 fully saturated rings. The van der Waals surface area contributed by atoms with E-state index in [-0.39, 0.29) is 11.9 Å². The molecule has 2 aromatic rings. The van der Waals surface area contributed by atoms with Gasteiger partial charge in [-0.2, -0.15) is 4.98 Å². The number of carbonyl (C=O) groups is 1. The molecular weight excluding hydrogens is 454 g/mol. The molecule has 1 saturated carbocycles. The Morgan fingerprint density at radius 1 is 1.29 bits per heavy atom. The summed E-state index contributed by atoms with van der Waals surface area (Å²) in [7, 11) is 0. The van der Waals surface area contributed by atoms with Gasteiger partial charge in [-0.05, 0) is 85.7 Å². The molecule has 6 nitrogen and oxygen atoms in total. The highest BCUT2D eigenvalue weighted by Crippen LogP contribution is 2.36. The van der Waals surface area contributed by atoms with Crippen molar-refractivity contribution in [3.05, 3.63) is 64.4 Å². The van der Waals surface area contributed by atoms with Crippen molar-refractivity contribution in [3.8, 4) is 0 Å². The minimum Gasteiger partial charge on any atom is -0.354 e. The maximum atomic E-state index is 11.8. The monoisotopic (exact) mass is 483 g/mol. The molecule has 3 rings (SSSR count). The molecule has 1 amide bonds. The van der Waals surface area contributed by atoms with Crippen LogP contribution < -0.4 is 16.0 Å². The van der Waals surface area contributed by atoms with Crippen molar-refractivity contribution in [3.63, 3.8) is 0 Å². The Balaban J connectivity index is 1.58. The number of nitrogens with one attached hydrogen (secondary N) is 3. The van der Waals surface area contributed by atoms with Crippen LogP contribution in [-0.4, -0.2) is 21.9 Å². The third kappa shape index (κ3) is 7.51. The standard InChI is InChI=1S/C24H30BrN5O/c1-15(2)27-22(31)12-7-18-5-10-20(11-6-18)29-24-26-14-21(25)23(30-24)28-17(4)13-16(3)19-8-9-19/h5-6,10-11,13-15,19H,4,7-9,12H2,1-3H3,(H,27,31)(H2,26,28,29,30)/b16-13+. The molecule has 7 heteroatoms. The molecule has 0 atom stereocenters. The molecule has 0 aliphatic heterocycles. The molecule has 31 heavy (non-hydrogen) atoms. The molecule has 1 heterocycles. The first kappa shape index (κ1) is 23.0. The number of amides is 1. The molecule has 0 spiro atoms. The van der Waals surface area contributed by atoms with Gasteiger partial charge in [0.25, 0.3) is 0 Å². The molecule has 164 valence electrons. The van der Waals surface area contributed by atoms with Crippen molar-refractivity contribution in [1.29, 1.82) is 0 Å². The van der Waals surface area contributed by atoms with Gasteiger partial charge in [0.1, 0.15) is 5.82 Å². The lowest BCUT2D eigenvalue weighted by molar-refractivity contribution is -0.121. The topological polar surface area (TPSA) is 78.9 Å². The van der Waals surface area contributed by atoms with E-state index in [4.69, 9.17) is 0 Å². The van der Waals surface area contributed by atoms with Gasteiger partial charge in [-0.1, -0.05) is 24.3 Å². The predicted octanol–water partition coefficient (Wildman–Crippen LogP) is 5.72. The summed E-state index contributed by atoms with van der Waals surface area (Å²) < 4.78 is 0.770. The van der Waals surface area contributed by atoms with Gasteiger partial charge in [0, 0.05) is 30.0 Å². The average Bonchev–Trinajstić information content (AvgIpc) is 3.55. The molecule has 1 aromatic heterocycles. The average molecular weight is 484 g/mol. The van der Waals surface area contributed by atoms with Gasteiger partial charge in [-0.3, -0.25) is 4.79 Å². The van der Waals surface area contributed by atoms with Crippen molar-refractivity contribution in [2.24, 2.45) is 5.92 Å². The first-order chi connectivity index (χ1) is 14.8. The van der Waals surface area contributed by atoms with Crippen LogP contribution in [0.3, 0.4) is 0 Å². The number of hydrogen-bond acceptors (Lipinski definition) is 5. The predicted molar refractivity (Wildman–Crippen MR) is 130 cm³/mol. The second-order valence-electron chi connectivity index (χ2n) is 8.25. The van der Waals surface area contributed by atoms with E-state index in [1.165, 1.54) is 18.4 Å². The summed E-state index contributed by atoms with van der Waals surface area (Å²) in [5, 5.41) is 9.39. The van der Waals surface area contributed by atoms with Gasteiger partial charge < -0.3 is 16.0 Å². The summed E-state index contributed by atoms with van der Waals surface area (Å²) in [4.78, 5) is 20.7. The quantitative estimate of drug-likeness (QED) is 0.376. The zero-order valence-corrected chi connectivity index (χ0v) is 19.9. The highest BCUT2D eigenvalue weighted by Gasteiger charge is 2.22. The van der Waals surface area contributed by atoms with Crippen LogP contribution in [0.25, 0.3) is 0 Å². The molecule has 0 saturated heterocycles. The van der Waals surface area contributed by atoms with Crippen molar-refractivity contribution in [2.45, 2.75) is 52.5 Å². The van der Waals surface area contributed by atoms with Crippen LogP contribution in [0, 0.1) is 5.92 Å². The van der Waals surface area contributed by atoms with E-state index in [1.54, 1.807) is 6.20 Å². The molecule has 1 aliphatic rings. The molecule has 3 N–H and O–H groups in total. The molecule has 0 bridgehead atoms. The first-order valence-corrected chi connectivity index (χ1v) is 11.4. The minimum atomic E-state index is 0.0734. The van der Waals surface area contributed by atoms with Gasteiger partial charge in [-0.15, -0.1) is 0 Å². The highest BCUT2D eigenvalue weighted by atomic mass is 79.9. The summed E-state index contributed by atoms with van der Waals surface area (Å²) in [5.41, 5.74) is 4.15. The van der Waals surface area contributed by atoms with E-state index < -0.39 is 0 Å². The fraction of sp³-hybridized carbons (Fsp3) is 0.375. The van der Waals surface area contributed by atoms with Gasteiger partial charge in [0.2, 0.25) is 11.9 Å².